The van der Waals surface area contributed by atoms with Gasteiger partial charge in [0.25, 0.3) is 0 Å². The average Bonchev–Trinajstić information content (AvgIpc) is 2.47. The van der Waals surface area contributed by atoms with Gasteiger partial charge >= 0.3 is 0 Å². The first-order valence-electron chi connectivity index (χ1n) is 6.04. The molecule has 0 amide bonds. The second kappa shape index (κ2) is 6.52. The fraction of sp³-hybridized carbons (Fsp3) is 0.0625. The van der Waals surface area contributed by atoms with E-state index in [0.717, 1.165) is 17.3 Å². The first-order chi connectivity index (χ1) is 9.74. The molecule has 0 aliphatic carbocycles. The van der Waals surface area contributed by atoms with E-state index in [4.69, 9.17) is 9.94 Å². The summed E-state index contributed by atoms with van der Waals surface area (Å²) in [5, 5.41) is 11.5. The van der Waals surface area contributed by atoms with Crippen molar-refractivity contribution in [2.45, 2.75) is 6.61 Å². The van der Waals surface area contributed by atoms with Crippen LogP contribution in [0.25, 0.3) is 6.08 Å². The third kappa shape index (κ3) is 3.23. The summed E-state index contributed by atoms with van der Waals surface area (Å²) in [5.74, 6) is 0.0295. The van der Waals surface area contributed by atoms with Crippen LogP contribution in [0.2, 0.25) is 0 Å². The summed E-state index contributed by atoms with van der Waals surface area (Å²) in [6, 6.07) is 11.7. The number of oxime groups is 1. The van der Waals surface area contributed by atoms with Gasteiger partial charge in [0.2, 0.25) is 0 Å². The van der Waals surface area contributed by atoms with Crippen LogP contribution in [0, 0.1) is 5.82 Å². The molecule has 20 heavy (non-hydrogen) atoms. The Morgan fingerprint density at radius 1 is 1.20 bits per heavy atom. The molecule has 3 nitrogen and oxygen atoms in total. The molecule has 0 saturated heterocycles. The second-order valence-electron chi connectivity index (χ2n) is 4.12. The molecule has 0 atom stereocenters. The van der Waals surface area contributed by atoms with E-state index in [9.17, 15) is 4.39 Å². The Labute approximate surface area is 116 Å². The lowest BCUT2D eigenvalue weighted by atomic mass is 10.1. The Bertz CT molecular complexity index is 638. The highest BCUT2D eigenvalue weighted by molar-refractivity contribution is 5.83. The molecule has 0 radical (unpaired) electrons. The van der Waals surface area contributed by atoms with Gasteiger partial charge in [-0.15, -0.1) is 0 Å². The molecule has 0 heterocycles. The fourth-order valence-corrected chi connectivity index (χ4v) is 1.83. The van der Waals surface area contributed by atoms with Crippen molar-refractivity contribution in [3.8, 4) is 5.75 Å². The molecule has 0 aliphatic heterocycles. The summed E-state index contributed by atoms with van der Waals surface area (Å²) in [6.07, 6.45) is 2.89. The van der Waals surface area contributed by atoms with E-state index in [1.54, 1.807) is 6.08 Å². The number of rotatable bonds is 5. The summed E-state index contributed by atoms with van der Waals surface area (Å²) in [4.78, 5) is 0. The lowest BCUT2D eigenvalue weighted by Crippen LogP contribution is -2.00. The first kappa shape index (κ1) is 13.8. The minimum Gasteiger partial charge on any atom is -0.488 e. The van der Waals surface area contributed by atoms with Gasteiger partial charge in [-0.25, -0.2) is 4.39 Å². The van der Waals surface area contributed by atoms with Crippen LogP contribution in [-0.2, 0) is 6.61 Å². The predicted molar refractivity (Wildman–Crippen MR) is 76.6 cm³/mol. The Morgan fingerprint density at radius 2 is 2.00 bits per heavy atom. The van der Waals surface area contributed by atoms with E-state index >= 15 is 0 Å². The molecule has 1 N–H and O–H groups in total. The van der Waals surface area contributed by atoms with Gasteiger partial charge in [0, 0.05) is 5.56 Å². The van der Waals surface area contributed by atoms with Crippen LogP contribution < -0.4 is 4.74 Å². The van der Waals surface area contributed by atoms with Gasteiger partial charge in [-0.1, -0.05) is 42.1 Å². The highest BCUT2D eigenvalue weighted by Gasteiger charge is 2.05. The lowest BCUT2D eigenvalue weighted by molar-refractivity contribution is 0.303. The molecule has 0 aliphatic rings. The number of hydrogen-bond donors (Lipinski definition) is 1. The minimum atomic E-state index is -0.418. The van der Waals surface area contributed by atoms with Crippen molar-refractivity contribution < 1.29 is 14.3 Å². The number of benzene rings is 2. The van der Waals surface area contributed by atoms with Crippen molar-refractivity contribution in [2.24, 2.45) is 5.16 Å². The maximum absolute atomic E-state index is 13.1. The number of ether oxygens (including phenoxy) is 1. The average molecular weight is 271 g/mol. The molecule has 102 valence electrons. The van der Waals surface area contributed by atoms with Crippen molar-refractivity contribution >= 4 is 12.3 Å². The summed E-state index contributed by atoms with van der Waals surface area (Å²) >= 11 is 0. The Kier molecular flexibility index (Phi) is 4.50. The summed E-state index contributed by atoms with van der Waals surface area (Å²) in [6.45, 7) is 4.07. The van der Waals surface area contributed by atoms with Crippen LogP contribution in [0.15, 0.2) is 54.2 Å². The van der Waals surface area contributed by atoms with Crippen LogP contribution >= 0.6 is 0 Å². The SMILES string of the molecule is C=Cc1ccccc1COc1ccc(F)cc1/C=N/O. The highest BCUT2D eigenvalue weighted by atomic mass is 19.1. The summed E-state index contributed by atoms with van der Waals surface area (Å²) < 4.78 is 18.8. The molecule has 4 heteroatoms. The molecule has 0 unspecified atom stereocenters. The van der Waals surface area contributed by atoms with Gasteiger partial charge < -0.3 is 9.94 Å². The topological polar surface area (TPSA) is 41.8 Å². The van der Waals surface area contributed by atoms with Gasteiger partial charge in [0.15, 0.2) is 0 Å². The molecule has 0 aromatic heterocycles. The highest BCUT2D eigenvalue weighted by Crippen LogP contribution is 2.20. The van der Waals surface area contributed by atoms with Gasteiger partial charge in [0.1, 0.15) is 18.2 Å². The molecule has 2 aromatic carbocycles. The third-order valence-electron chi connectivity index (χ3n) is 2.83. The number of hydrogen-bond acceptors (Lipinski definition) is 3. The molecular formula is C16H14FNO2. The maximum atomic E-state index is 13.1. The smallest absolute Gasteiger partial charge is 0.128 e. The van der Waals surface area contributed by atoms with Crippen LogP contribution in [0.5, 0.6) is 5.75 Å². The predicted octanol–water partition coefficient (Wildman–Crippen LogP) is 3.86. The van der Waals surface area contributed by atoms with E-state index < -0.39 is 5.82 Å². The van der Waals surface area contributed by atoms with Crippen molar-refractivity contribution in [1.29, 1.82) is 0 Å². The Hall–Kier alpha value is -2.62. The molecule has 0 bridgehead atoms. The zero-order chi connectivity index (χ0) is 14.4. The molecule has 0 spiro atoms. The van der Waals surface area contributed by atoms with E-state index in [-0.39, 0.29) is 0 Å². The van der Waals surface area contributed by atoms with Gasteiger partial charge in [-0.05, 0) is 29.3 Å². The maximum Gasteiger partial charge on any atom is 0.128 e. The van der Waals surface area contributed by atoms with Gasteiger partial charge in [0.05, 0.1) is 6.21 Å². The molecule has 2 rings (SSSR count). The normalized spacial score (nSPS) is 10.7. The Morgan fingerprint density at radius 3 is 2.75 bits per heavy atom. The fourth-order valence-electron chi connectivity index (χ4n) is 1.83. The number of nitrogens with zero attached hydrogens (tertiary/aromatic N) is 1. The molecule has 2 aromatic rings. The monoisotopic (exact) mass is 271 g/mol. The zero-order valence-electron chi connectivity index (χ0n) is 10.8. The minimum absolute atomic E-state index is 0.320. The standard InChI is InChI=1S/C16H14FNO2/c1-2-12-5-3-4-6-13(12)11-20-16-8-7-15(17)9-14(16)10-18-19/h2-10,19H,1,11H2/b18-10+. The van der Waals surface area contributed by atoms with Gasteiger partial charge in [-0.2, -0.15) is 0 Å². The van der Waals surface area contributed by atoms with Crippen molar-refractivity contribution in [3.05, 3.63) is 71.6 Å². The Balaban J connectivity index is 2.20. The van der Waals surface area contributed by atoms with Crippen molar-refractivity contribution in [3.63, 3.8) is 0 Å². The largest absolute Gasteiger partial charge is 0.488 e. The lowest BCUT2D eigenvalue weighted by Gasteiger charge is -2.10. The second-order valence-corrected chi connectivity index (χ2v) is 4.12. The van der Waals surface area contributed by atoms with E-state index in [1.165, 1.54) is 18.2 Å². The van der Waals surface area contributed by atoms with Crippen molar-refractivity contribution in [1.82, 2.24) is 0 Å². The van der Waals surface area contributed by atoms with Crippen LogP contribution in [-0.4, -0.2) is 11.4 Å². The number of halogens is 1. The third-order valence-corrected chi connectivity index (χ3v) is 2.83. The zero-order valence-corrected chi connectivity index (χ0v) is 10.8. The molecular weight excluding hydrogens is 257 g/mol. The quantitative estimate of drug-likeness (QED) is 0.510. The van der Waals surface area contributed by atoms with E-state index in [0.29, 0.717) is 17.9 Å². The molecule has 0 saturated carbocycles. The van der Waals surface area contributed by atoms with Crippen LogP contribution in [0.1, 0.15) is 16.7 Å². The summed E-state index contributed by atoms with van der Waals surface area (Å²) in [5.41, 5.74) is 2.33. The van der Waals surface area contributed by atoms with E-state index in [2.05, 4.69) is 11.7 Å². The molecule has 0 fully saturated rings. The first-order valence-corrected chi connectivity index (χ1v) is 6.04. The summed E-state index contributed by atoms with van der Waals surface area (Å²) in [7, 11) is 0. The van der Waals surface area contributed by atoms with Crippen molar-refractivity contribution in [2.75, 3.05) is 0 Å². The van der Waals surface area contributed by atoms with Gasteiger partial charge in [-0.3, -0.25) is 0 Å². The van der Waals surface area contributed by atoms with E-state index in [1.807, 2.05) is 24.3 Å². The van der Waals surface area contributed by atoms with Crippen LogP contribution in [0.3, 0.4) is 0 Å². The van der Waals surface area contributed by atoms with Crippen LogP contribution in [0.4, 0.5) is 4.39 Å².